The topological polar surface area (TPSA) is 197 Å². The summed E-state index contributed by atoms with van der Waals surface area (Å²) in [5, 5.41) is 25.3. The Morgan fingerprint density at radius 3 is 1.86 bits per heavy atom. The van der Waals surface area contributed by atoms with E-state index < -0.39 is 54.5 Å². The number of carbonyl (C=O) groups excluding carboxylic acids is 3. The fraction of sp³-hybridized carbons (Fsp3) is 0.733. The lowest BCUT2D eigenvalue weighted by atomic mass is 10.1. The summed E-state index contributed by atoms with van der Waals surface area (Å²) < 4.78 is 0. The zero-order valence-corrected chi connectivity index (χ0v) is 17.1. The van der Waals surface area contributed by atoms with E-state index in [0.29, 0.717) is 19.4 Å². The SMILES string of the molecule is NCCCCC(NC(=O)C(N)CS)C(=O)NC(CO)C(=O)NC(CS)C(=O)O. The van der Waals surface area contributed by atoms with Crippen LogP contribution in [0.2, 0.25) is 0 Å². The highest BCUT2D eigenvalue weighted by atomic mass is 32.1. The molecule has 3 amide bonds. The zero-order valence-electron chi connectivity index (χ0n) is 15.3. The third-order valence-corrected chi connectivity index (χ3v) is 4.48. The predicted molar refractivity (Wildman–Crippen MR) is 109 cm³/mol. The van der Waals surface area contributed by atoms with E-state index >= 15 is 0 Å². The van der Waals surface area contributed by atoms with Gasteiger partial charge in [0.2, 0.25) is 17.7 Å². The van der Waals surface area contributed by atoms with E-state index in [9.17, 15) is 24.3 Å². The number of carboxylic acids is 1. The maximum atomic E-state index is 12.5. The second kappa shape index (κ2) is 14.5. The third-order valence-electron chi connectivity index (χ3n) is 3.73. The van der Waals surface area contributed by atoms with Crippen LogP contribution in [0.25, 0.3) is 0 Å². The number of hydrogen-bond acceptors (Lipinski definition) is 9. The van der Waals surface area contributed by atoms with Crippen molar-refractivity contribution in [2.45, 2.75) is 43.4 Å². The second-order valence-electron chi connectivity index (χ2n) is 5.96. The van der Waals surface area contributed by atoms with Crippen LogP contribution in [0.5, 0.6) is 0 Å². The average molecular weight is 440 g/mol. The molecule has 0 aromatic rings. The van der Waals surface area contributed by atoms with Crippen LogP contribution in [-0.2, 0) is 19.2 Å². The molecule has 0 aliphatic heterocycles. The normalized spacial score (nSPS) is 15.0. The maximum absolute atomic E-state index is 12.5. The zero-order chi connectivity index (χ0) is 21.7. The summed E-state index contributed by atoms with van der Waals surface area (Å²) in [5.41, 5.74) is 11.0. The van der Waals surface area contributed by atoms with Crippen LogP contribution in [0.3, 0.4) is 0 Å². The van der Waals surface area contributed by atoms with E-state index in [1.54, 1.807) is 0 Å². The van der Waals surface area contributed by atoms with Gasteiger partial charge in [-0.05, 0) is 25.8 Å². The summed E-state index contributed by atoms with van der Waals surface area (Å²) in [7, 11) is 0. The van der Waals surface area contributed by atoms with Crippen molar-refractivity contribution in [1.29, 1.82) is 0 Å². The number of thiol groups is 2. The predicted octanol–water partition coefficient (Wildman–Crippen LogP) is -3.17. The molecule has 0 aliphatic carbocycles. The van der Waals surface area contributed by atoms with Crippen LogP contribution < -0.4 is 27.4 Å². The van der Waals surface area contributed by atoms with Crippen molar-refractivity contribution >= 4 is 48.9 Å². The molecule has 0 fully saturated rings. The Labute approximate surface area is 174 Å². The van der Waals surface area contributed by atoms with Crippen molar-refractivity contribution in [2.24, 2.45) is 11.5 Å². The lowest BCUT2D eigenvalue weighted by Gasteiger charge is -2.24. The van der Waals surface area contributed by atoms with Crippen LogP contribution in [0.15, 0.2) is 0 Å². The highest BCUT2D eigenvalue weighted by Crippen LogP contribution is 2.03. The molecule has 4 unspecified atom stereocenters. The number of rotatable bonds is 14. The van der Waals surface area contributed by atoms with Crippen LogP contribution in [0.4, 0.5) is 0 Å². The van der Waals surface area contributed by atoms with Gasteiger partial charge in [-0.15, -0.1) is 0 Å². The Hall–Kier alpha value is -1.54. The molecule has 9 N–H and O–H groups in total. The van der Waals surface area contributed by atoms with E-state index in [1.165, 1.54) is 0 Å². The van der Waals surface area contributed by atoms with E-state index in [-0.39, 0.29) is 17.9 Å². The number of hydrogen-bond donors (Lipinski definition) is 9. The Kier molecular flexibility index (Phi) is 13.7. The summed E-state index contributed by atoms with van der Waals surface area (Å²) in [6, 6.07) is -4.61. The minimum Gasteiger partial charge on any atom is -0.480 e. The van der Waals surface area contributed by atoms with Crippen molar-refractivity contribution in [2.75, 3.05) is 24.7 Å². The number of amides is 3. The van der Waals surface area contributed by atoms with Crippen LogP contribution >= 0.6 is 25.3 Å². The fourth-order valence-electron chi connectivity index (χ4n) is 2.05. The molecule has 0 heterocycles. The van der Waals surface area contributed by atoms with Crippen LogP contribution in [0, 0.1) is 0 Å². The number of carbonyl (C=O) groups is 4. The van der Waals surface area contributed by atoms with Gasteiger partial charge in [0.25, 0.3) is 0 Å². The Morgan fingerprint density at radius 1 is 0.857 bits per heavy atom. The van der Waals surface area contributed by atoms with Gasteiger partial charge in [-0.1, -0.05) is 0 Å². The van der Waals surface area contributed by atoms with E-state index in [2.05, 4.69) is 41.2 Å². The molecule has 0 saturated carbocycles. The number of aliphatic hydroxyl groups is 1. The molecular weight excluding hydrogens is 410 g/mol. The quantitative estimate of drug-likeness (QED) is 0.0997. The molecule has 0 bridgehead atoms. The molecule has 0 rings (SSSR count). The van der Waals surface area contributed by atoms with E-state index in [4.69, 9.17) is 16.6 Å². The maximum Gasteiger partial charge on any atom is 0.327 e. The lowest BCUT2D eigenvalue weighted by molar-refractivity contribution is -0.142. The van der Waals surface area contributed by atoms with E-state index in [0.717, 1.165) is 0 Å². The summed E-state index contributed by atoms with van der Waals surface area (Å²) in [4.78, 5) is 47.6. The third kappa shape index (κ3) is 9.59. The number of aliphatic carboxylic acids is 1. The molecule has 13 heteroatoms. The van der Waals surface area contributed by atoms with Gasteiger partial charge in [0.1, 0.15) is 18.1 Å². The highest BCUT2D eigenvalue weighted by molar-refractivity contribution is 7.80. The van der Waals surface area contributed by atoms with Crippen molar-refractivity contribution in [3.8, 4) is 0 Å². The first-order chi connectivity index (χ1) is 13.2. The van der Waals surface area contributed by atoms with Crippen LogP contribution in [0.1, 0.15) is 19.3 Å². The number of unbranched alkanes of at least 4 members (excludes halogenated alkanes) is 1. The van der Waals surface area contributed by atoms with Crippen molar-refractivity contribution < 1.29 is 29.4 Å². The number of nitrogens with one attached hydrogen (secondary N) is 3. The van der Waals surface area contributed by atoms with Gasteiger partial charge in [0.05, 0.1) is 12.6 Å². The van der Waals surface area contributed by atoms with Crippen LogP contribution in [-0.4, -0.2) is 82.7 Å². The molecule has 0 saturated heterocycles. The summed E-state index contributed by atoms with van der Waals surface area (Å²) >= 11 is 7.75. The number of carboxylic acid groups (broad SMARTS) is 1. The first-order valence-corrected chi connectivity index (χ1v) is 9.90. The fourth-order valence-corrected chi connectivity index (χ4v) is 2.46. The van der Waals surface area contributed by atoms with Gasteiger partial charge in [-0.25, -0.2) is 4.79 Å². The van der Waals surface area contributed by atoms with Crippen molar-refractivity contribution in [1.82, 2.24) is 16.0 Å². The van der Waals surface area contributed by atoms with Gasteiger partial charge >= 0.3 is 5.97 Å². The Morgan fingerprint density at radius 2 is 1.39 bits per heavy atom. The molecule has 28 heavy (non-hydrogen) atoms. The first-order valence-electron chi connectivity index (χ1n) is 8.63. The summed E-state index contributed by atoms with van der Waals surface area (Å²) in [6.45, 7) is -0.365. The molecule has 0 aromatic heterocycles. The molecule has 162 valence electrons. The van der Waals surface area contributed by atoms with Crippen molar-refractivity contribution in [3.63, 3.8) is 0 Å². The first kappa shape index (κ1) is 26.5. The smallest absolute Gasteiger partial charge is 0.327 e. The second-order valence-corrected chi connectivity index (χ2v) is 6.69. The number of nitrogens with two attached hydrogens (primary N) is 2. The van der Waals surface area contributed by atoms with E-state index in [1.807, 2.05) is 0 Å². The van der Waals surface area contributed by atoms with Gasteiger partial charge in [0, 0.05) is 11.5 Å². The van der Waals surface area contributed by atoms with Gasteiger partial charge in [-0.3, -0.25) is 14.4 Å². The number of aliphatic hydroxyl groups excluding tert-OH is 1. The molecule has 0 aliphatic rings. The largest absolute Gasteiger partial charge is 0.480 e. The minimum atomic E-state index is -1.40. The molecule has 11 nitrogen and oxygen atoms in total. The molecule has 4 atom stereocenters. The Bertz CT molecular complexity index is 539. The van der Waals surface area contributed by atoms with Crippen molar-refractivity contribution in [3.05, 3.63) is 0 Å². The average Bonchev–Trinajstić information content (AvgIpc) is 2.67. The monoisotopic (exact) mass is 439 g/mol. The Balaban J connectivity index is 5.08. The standard InChI is InChI=1S/C15H29N5O6S2/c16-4-2-1-3-9(18-12(22)8(17)6-27)13(23)19-10(5-21)14(24)20-11(7-28)15(25)26/h8-11,21,27-28H,1-7,16-17H2,(H,18,22)(H,19,23)(H,20,24)(H,25,26). The molecule has 0 radical (unpaired) electrons. The molecular formula is C15H29N5O6S2. The van der Waals surface area contributed by atoms with Gasteiger partial charge in [0.15, 0.2) is 0 Å². The van der Waals surface area contributed by atoms with Gasteiger partial charge < -0.3 is 37.6 Å². The highest BCUT2D eigenvalue weighted by Gasteiger charge is 2.29. The van der Waals surface area contributed by atoms with Gasteiger partial charge in [-0.2, -0.15) is 25.3 Å². The summed E-state index contributed by atoms with van der Waals surface area (Å²) in [6.07, 6.45) is 1.38. The molecule has 0 spiro atoms. The summed E-state index contributed by atoms with van der Waals surface area (Å²) in [5.74, 6) is -3.61. The lowest BCUT2D eigenvalue weighted by Crippen LogP contribution is -2.58. The minimum absolute atomic E-state index is 0.0744. The molecule has 0 aromatic carbocycles.